The van der Waals surface area contributed by atoms with E-state index in [4.69, 9.17) is 0 Å². The lowest BCUT2D eigenvalue weighted by molar-refractivity contribution is -0.133. The van der Waals surface area contributed by atoms with Crippen molar-refractivity contribution in [3.05, 3.63) is 35.9 Å². The predicted molar refractivity (Wildman–Crippen MR) is 77.8 cm³/mol. The summed E-state index contributed by atoms with van der Waals surface area (Å²) in [6, 6.07) is 9.03. The Balaban J connectivity index is 2.15. The highest BCUT2D eigenvalue weighted by Gasteiger charge is 2.33. The molecule has 0 heterocycles. The standard InChI is InChI=1S/C16H22N2O2/c1-16(2,3)18(17-14(19)12-10-7-11-12)15(20)13-8-5-4-6-9-13/h4-6,8-9,12H,7,10-11H2,1-3H3,(H,17,19). The van der Waals surface area contributed by atoms with Crippen LogP contribution in [-0.4, -0.2) is 22.4 Å². The quantitative estimate of drug-likeness (QED) is 0.843. The van der Waals surface area contributed by atoms with E-state index in [0.717, 1.165) is 19.3 Å². The van der Waals surface area contributed by atoms with Gasteiger partial charge in [0.15, 0.2) is 0 Å². The Morgan fingerprint density at radius 2 is 1.75 bits per heavy atom. The summed E-state index contributed by atoms with van der Waals surface area (Å²) >= 11 is 0. The monoisotopic (exact) mass is 274 g/mol. The predicted octanol–water partition coefficient (Wildman–Crippen LogP) is 2.76. The van der Waals surface area contributed by atoms with Gasteiger partial charge in [-0.15, -0.1) is 0 Å². The van der Waals surface area contributed by atoms with Crippen LogP contribution in [0.4, 0.5) is 0 Å². The van der Waals surface area contributed by atoms with Gasteiger partial charge in [0, 0.05) is 11.5 Å². The maximum atomic E-state index is 12.6. The molecule has 1 aliphatic rings. The molecule has 1 saturated carbocycles. The lowest BCUT2D eigenvalue weighted by Gasteiger charge is -2.37. The van der Waals surface area contributed by atoms with Crippen LogP contribution in [0.25, 0.3) is 0 Å². The van der Waals surface area contributed by atoms with E-state index >= 15 is 0 Å². The van der Waals surface area contributed by atoms with Gasteiger partial charge >= 0.3 is 0 Å². The number of hydrogen-bond acceptors (Lipinski definition) is 2. The van der Waals surface area contributed by atoms with Crippen molar-refractivity contribution in [1.29, 1.82) is 0 Å². The number of hydrogen-bond donors (Lipinski definition) is 1. The lowest BCUT2D eigenvalue weighted by Crippen LogP contribution is -2.57. The van der Waals surface area contributed by atoms with Crippen LogP contribution in [0.3, 0.4) is 0 Å². The summed E-state index contributed by atoms with van der Waals surface area (Å²) in [6.07, 6.45) is 2.94. The fourth-order valence-electron chi connectivity index (χ4n) is 2.10. The SMILES string of the molecule is CC(C)(C)N(NC(=O)C1CCC1)C(=O)c1ccccc1. The fraction of sp³-hybridized carbons (Fsp3) is 0.500. The first kappa shape index (κ1) is 14.6. The van der Waals surface area contributed by atoms with Crippen molar-refractivity contribution in [2.45, 2.75) is 45.6 Å². The molecule has 2 rings (SSSR count). The Labute approximate surface area is 120 Å². The molecule has 2 amide bonds. The summed E-state index contributed by atoms with van der Waals surface area (Å²) in [6.45, 7) is 5.73. The maximum absolute atomic E-state index is 12.6. The number of carbonyl (C=O) groups excluding carboxylic acids is 2. The number of rotatable bonds is 2. The smallest absolute Gasteiger partial charge is 0.272 e. The Morgan fingerprint density at radius 3 is 2.20 bits per heavy atom. The van der Waals surface area contributed by atoms with Gasteiger partial charge < -0.3 is 0 Å². The van der Waals surface area contributed by atoms with Crippen molar-refractivity contribution in [2.24, 2.45) is 5.92 Å². The van der Waals surface area contributed by atoms with Crippen LogP contribution in [0.5, 0.6) is 0 Å². The molecule has 0 saturated heterocycles. The first-order chi connectivity index (χ1) is 9.39. The number of nitrogens with zero attached hydrogens (tertiary/aromatic N) is 1. The van der Waals surface area contributed by atoms with Crippen LogP contribution in [0, 0.1) is 5.92 Å². The van der Waals surface area contributed by atoms with Crippen molar-refractivity contribution in [1.82, 2.24) is 10.4 Å². The van der Waals surface area contributed by atoms with Crippen molar-refractivity contribution >= 4 is 11.8 Å². The maximum Gasteiger partial charge on any atom is 0.272 e. The van der Waals surface area contributed by atoms with Gasteiger partial charge in [-0.1, -0.05) is 24.6 Å². The fourth-order valence-corrected chi connectivity index (χ4v) is 2.10. The Hall–Kier alpha value is -1.84. The van der Waals surface area contributed by atoms with Gasteiger partial charge in [0.1, 0.15) is 0 Å². The van der Waals surface area contributed by atoms with Crippen LogP contribution >= 0.6 is 0 Å². The third-order valence-electron chi connectivity index (χ3n) is 3.59. The topological polar surface area (TPSA) is 49.4 Å². The number of hydrazine groups is 1. The summed E-state index contributed by atoms with van der Waals surface area (Å²) in [5, 5.41) is 1.45. The van der Waals surface area contributed by atoms with Gasteiger partial charge in [-0.3, -0.25) is 15.0 Å². The van der Waals surface area contributed by atoms with Crippen LogP contribution in [0.15, 0.2) is 30.3 Å². The summed E-state index contributed by atoms with van der Waals surface area (Å²) in [4.78, 5) is 24.7. The third kappa shape index (κ3) is 3.18. The van der Waals surface area contributed by atoms with E-state index in [2.05, 4.69) is 5.43 Å². The highest BCUT2D eigenvalue weighted by Crippen LogP contribution is 2.27. The summed E-state index contributed by atoms with van der Waals surface area (Å²) in [5.74, 6) is -0.162. The molecule has 0 atom stereocenters. The molecular formula is C16H22N2O2. The third-order valence-corrected chi connectivity index (χ3v) is 3.59. The van der Waals surface area contributed by atoms with Crippen molar-refractivity contribution < 1.29 is 9.59 Å². The minimum absolute atomic E-state index is 0.0459. The highest BCUT2D eigenvalue weighted by molar-refractivity contribution is 5.96. The van der Waals surface area contributed by atoms with Gasteiger partial charge in [-0.2, -0.15) is 0 Å². The molecule has 0 aromatic heterocycles. The first-order valence-electron chi connectivity index (χ1n) is 7.09. The lowest BCUT2D eigenvalue weighted by atomic mass is 9.85. The van der Waals surface area contributed by atoms with Crippen molar-refractivity contribution in [2.75, 3.05) is 0 Å². The van der Waals surface area contributed by atoms with Gasteiger partial charge in [0.25, 0.3) is 5.91 Å². The molecule has 0 bridgehead atoms. The van der Waals surface area contributed by atoms with E-state index < -0.39 is 5.54 Å². The number of benzene rings is 1. The summed E-state index contributed by atoms with van der Waals surface area (Å²) in [7, 11) is 0. The van der Waals surface area contributed by atoms with E-state index in [1.54, 1.807) is 12.1 Å². The molecule has 108 valence electrons. The molecule has 0 spiro atoms. The molecular weight excluding hydrogens is 252 g/mol. The number of nitrogens with one attached hydrogen (secondary N) is 1. The molecule has 1 aromatic rings. The molecule has 1 aromatic carbocycles. The number of amides is 2. The Kier molecular flexibility index (Phi) is 4.12. The molecule has 0 radical (unpaired) electrons. The second-order valence-electron chi connectivity index (χ2n) is 6.28. The van der Waals surface area contributed by atoms with E-state index in [-0.39, 0.29) is 17.7 Å². The highest BCUT2D eigenvalue weighted by atomic mass is 16.2. The molecule has 1 N–H and O–H groups in total. The van der Waals surface area contributed by atoms with Gasteiger partial charge in [-0.05, 0) is 45.7 Å². The second-order valence-corrected chi connectivity index (χ2v) is 6.28. The molecule has 20 heavy (non-hydrogen) atoms. The van der Waals surface area contributed by atoms with E-state index in [1.165, 1.54) is 5.01 Å². The van der Waals surface area contributed by atoms with Crippen molar-refractivity contribution in [3.63, 3.8) is 0 Å². The largest absolute Gasteiger partial charge is 0.273 e. The van der Waals surface area contributed by atoms with E-state index in [9.17, 15) is 9.59 Å². The van der Waals surface area contributed by atoms with Crippen LogP contribution in [0.1, 0.15) is 50.4 Å². The van der Waals surface area contributed by atoms with E-state index in [0.29, 0.717) is 5.56 Å². The van der Waals surface area contributed by atoms with Gasteiger partial charge in [-0.25, -0.2) is 5.01 Å². The average molecular weight is 274 g/mol. The van der Waals surface area contributed by atoms with Gasteiger partial charge in [0.2, 0.25) is 5.91 Å². The summed E-state index contributed by atoms with van der Waals surface area (Å²) in [5.41, 5.74) is 2.92. The molecule has 4 heteroatoms. The van der Waals surface area contributed by atoms with Crippen LogP contribution in [-0.2, 0) is 4.79 Å². The zero-order chi connectivity index (χ0) is 14.8. The average Bonchev–Trinajstić information content (AvgIpc) is 2.33. The van der Waals surface area contributed by atoms with Crippen LogP contribution < -0.4 is 5.43 Å². The molecule has 4 nitrogen and oxygen atoms in total. The van der Waals surface area contributed by atoms with E-state index in [1.807, 2.05) is 39.0 Å². The number of carbonyl (C=O) groups is 2. The second kappa shape index (κ2) is 5.65. The Morgan fingerprint density at radius 1 is 1.15 bits per heavy atom. The van der Waals surface area contributed by atoms with Crippen LogP contribution in [0.2, 0.25) is 0 Å². The van der Waals surface area contributed by atoms with Gasteiger partial charge in [0.05, 0.1) is 5.54 Å². The summed E-state index contributed by atoms with van der Waals surface area (Å²) < 4.78 is 0. The molecule has 1 aliphatic carbocycles. The Bertz CT molecular complexity index is 487. The minimum Gasteiger partial charge on any atom is -0.273 e. The first-order valence-corrected chi connectivity index (χ1v) is 7.09. The minimum atomic E-state index is -0.466. The molecule has 1 fully saturated rings. The zero-order valence-corrected chi connectivity index (χ0v) is 12.3. The molecule has 0 unspecified atom stereocenters. The van der Waals surface area contributed by atoms with Crippen molar-refractivity contribution in [3.8, 4) is 0 Å². The normalized spacial score (nSPS) is 15.3. The zero-order valence-electron chi connectivity index (χ0n) is 12.3. The molecule has 0 aliphatic heterocycles.